The van der Waals surface area contributed by atoms with Gasteiger partial charge < -0.3 is 5.11 Å². The van der Waals surface area contributed by atoms with Crippen LogP contribution in [0, 0.1) is 25.7 Å². The van der Waals surface area contributed by atoms with E-state index in [0.29, 0.717) is 0 Å². The Hall–Kier alpha value is -0.167. The zero-order chi connectivity index (χ0) is 17.2. The van der Waals surface area contributed by atoms with Crippen LogP contribution in [0.3, 0.4) is 0 Å². The van der Waals surface area contributed by atoms with Crippen molar-refractivity contribution in [2.24, 2.45) is 0 Å². The van der Waals surface area contributed by atoms with Gasteiger partial charge in [0.05, 0.1) is 5.76 Å². The van der Waals surface area contributed by atoms with Gasteiger partial charge in [0.1, 0.15) is 0 Å². The van der Waals surface area contributed by atoms with E-state index in [9.17, 15) is 4.79 Å². The molecule has 0 atom stereocenters. The summed E-state index contributed by atoms with van der Waals surface area (Å²) in [5.74, 6) is -0.0625. The number of aliphatic hydroxyl groups is 1. The summed E-state index contributed by atoms with van der Waals surface area (Å²) in [4.78, 5) is 10.0. The Morgan fingerprint density at radius 1 is 0.708 bits per heavy atom. The Kier molecular flexibility index (Phi) is 22.7. The van der Waals surface area contributed by atoms with Crippen molar-refractivity contribution in [1.82, 2.24) is 0 Å². The Balaban J connectivity index is 0. The van der Waals surface area contributed by atoms with Crippen molar-refractivity contribution in [3.63, 3.8) is 0 Å². The van der Waals surface area contributed by atoms with Gasteiger partial charge in [-0.25, -0.2) is 0 Å². The van der Waals surface area contributed by atoms with Crippen molar-refractivity contribution in [2.45, 2.75) is 90.9 Å². The minimum absolute atomic E-state index is 0. The van der Waals surface area contributed by atoms with E-state index < -0.39 is 0 Å². The SMILES string of the molecule is CC(=O)/C=C(\C)O.[CH]1[CH]CCCCCC1.[CH]1[CH]CCCCCC1.[Rh]. The summed E-state index contributed by atoms with van der Waals surface area (Å²) in [6, 6.07) is 0. The largest absolute Gasteiger partial charge is 0.512 e. The molecule has 0 heterocycles. The van der Waals surface area contributed by atoms with Crippen molar-refractivity contribution < 1.29 is 29.4 Å². The quantitative estimate of drug-likeness (QED) is 0.296. The van der Waals surface area contributed by atoms with Crippen LogP contribution in [0.1, 0.15) is 90.9 Å². The molecule has 0 saturated heterocycles. The standard InChI is InChI=1S/2C8H14.C5H8O2.Rh/c2*1-2-4-6-8-7-5-3-1;1-4(6)3-5(2)7;/h2*1-2H,3-8H2;3,6H,1-2H3;/b;;4-3+;. The van der Waals surface area contributed by atoms with Gasteiger partial charge in [-0.15, -0.1) is 0 Å². The second kappa shape index (κ2) is 20.9. The van der Waals surface area contributed by atoms with Crippen LogP contribution in [-0.2, 0) is 24.3 Å². The predicted molar refractivity (Wildman–Crippen MR) is 99.7 cm³/mol. The van der Waals surface area contributed by atoms with Crippen LogP contribution in [0.15, 0.2) is 11.8 Å². The molecule has 1 N–H and O–H groups in total. The molecule has 0 aromatic carbocycles. The fraction of sp³-hybridized carbons (Fsp3) is 0.667. The predicted octanol–water partition coefficient (Wildman–Crippen LogP) is 6.53. The van der Waals surface area contributed by atoms with Crippen LogP contribution in [0.5, 0.6) is 0 Å². The van der Waals surface area contributed by atoms with Gasteiger partial charge in [-0.3, -0.25) is 4.79 Å². The smallest absolute Gasteiger partial charge is 0.155 e. The zero-order valence-electron chi connectivity index (χ0n) is 15.6. The number of aliphatic hydroxyl groups excluding tert-OH is 1. The van der Waals surface area contributed by atoms with E-state index in [0.717, 1.165) is 0 Å². The van der Waals surface area contributed by atoms with Gasteiger partial charge in [-0.2, -0.15) is 0 Å². The van der Waals surface area contributed by atoms with Crippen molar-refractivity contribution in [1.29, 1.82) is 0 Å². The minimum atomic E-state index is -0.125. The first-order chi connectivity index (χ1) is 11.1. The third-order valence-electron chi connectivity index (χ3n) is 3.73. The maximum absolute atomic E-state index is 10.0. The second-order valence-corrected chi connectivity index (χ2v) is 6.32. The molecule has 0 unspecified atom stereocenters. The molecular formula is C21H36O2Rh. The van der Waals surface area contributed by atoms with Gasteiger partial charge in [0, 0.05) is 25.6 Å². The van der Waals surface area contributed by atoms with Crippen LogP contribution in [0.2, 0.25) is 0 Å². The molecule has 141 valence electrons. The number of hydrogen-bond acceptors (Lipinski definition) is 2. The first-order valence-corrected chi connectivity index (χ1v) is 9.30. The molecule has 0 spiro atoms. The summed E-state index contributed by atoms with van der Waals surface area (Å²) >= 11 is 0. The van der Waals surface area contributed by atoms with Gasteiger partial charge in [-0.05, 0) is 65.2 Å². The van der Waals surface area contributed by atoms with Crippen LogP contribution in [0.4, 0.5) is 0 Å². The number of carbonyl (C=O) groups is 1. The first kappa shape index (κ1) is 26.1. The van der Waals surface area contributed by atoms with Gasteiger partial charge in [0.25, 0.3) is 0 Å². The van der Waals surface area contributed by atoms with Crippen molar-refractivity contribution in [3.05, 3.63) is 37.5 Å². The maximum Gasteiger partial charge on any atom is 0.155 e. The molecule has 24 heavy (non-hydrogen) atoms. The number of carbonyl (C=O) groups excluding carboxylic acids is 1. The summed E-state index contributed by atoms with van der Waals surface area (Å²) in [5, 5.41) is 8.36. The molecule has 0 bridgehead atoms. The molecular weight excluding hydrogens is 387 g/mol. The average molecular weight is 423 g/mol. The van der Waals surface area contributed by atoms with E-state index >= 15 is 0 Å². The zero-order valence-corrected chi connectivity index (χ0v) is 17.2. The monoisotopic (exact) mass is 423 g/mol. The molecule has 2 saturated carbocycles. The van der Waals surface area contributed by atoms with Gasteiger partial charge >= 0.3 is 0 Å². The molecule has 2 rings (SSSR count). The molecule has 2 nitrogen and oxygen atoms in total. The average Bonchev–Trinajstić information content (AvgIpc) is 2.36. The van der Waals surface area contributed by atoms with Crippen LogP contribution >= 0.6 is 0 Å². The van der Waals surface area contributed by atoms with Crippen LogP contribution in [0.25, 0.3) is 0 Å². The molecule has 0 aromatic rings. The van der Waals surface area contributed by atoms with Crippen molar-refractivity contribution >= 4 is 5.78 Å². The first-order valence-electron chi connectivity index (χ1n) is 9.30. The normalized spacial score (nSPS) is 19.3. The maximum atomic E-state index is 10.0. The summed E-state index contributed by atoms with van der Waals surface area (Å²) in [6.07, 6.45) is 27.2. The molecule has 5 radical (unpaired) electrons. The fourth-order valence-electron chi connectivity index (χ4n) is 2.52. The van der Waals surface area contributed by atoms with E-state index in [1.54, 1.807) is 0 Å². The molecule has 2 fully saturated rings. The summed E-state index contributed by atoms with van der Waals surface area (Å²) in [6.45, 7) is 2.85. The van der Waals surface area contributed by atoms with E-state index in [2.05, 4.69) is 25.7 Å². The van der Waals surface area contributed by atoms with Gasteiger partial charge in [0.2, 0.25) is 0 Å². The topological polar surface area (TPSA) is 37.3 Å². The number of ketones is 1. The summed E-state index contributed by atoms with van der Waals surface area (Å²) < 4.78 is 0. The Bertz CT molecular complexity index is 232. The second-order valence-electron chi connectivity index (χ2n) is 6.32. The third-order valence-corrected chi connectivity index (χ3v) is 3.73. The molecule has 2 aliphatic rings. The molecule has 0 aromatic heterocycles. The number of hydrogen-bond donors (Lipinski definition) is 1. The molecule has 3 heteroatoms. The Morgan fingerprint density at radius 2 is 1.00 bits per heavy atom. The van der Waals surface area contributed by atoms with Crippen LogP contribution < -0.4 is 0 Å². The van der Waals surface area contributed by atoms with Crippen molar-refractivity contribution in [3.8, 4) is 0 Å². The third kappa shape index (κ3) is 24.1. The van der Waals surface area contributed by atoms with E-state index in [1.807, 2.05) is 0 Å². The van der Waals surface area contributed by atoms with E-state index in [4.69, 9.17) is 5.11 Å². The Labute approximate surface area is 163 Å². The molecule has 0 amide bonds. The molecule has 0 aliphatic heterocycles. The van der Waals surface area contributed by atoms with E-state index in [1.165, 1.54) is 97.0 Å². The van der Waals surface area contributed by atoms with Gasteiger partial charge in [-0.1, -0.05) is 51.4 Å². The van der Waals surface area contributed by atoms with E-state index in [-0.39, 0.29) is 31.0 Å². The number of allylic oxidation sites excluding steroid dienone is 2. The fourth-order valence-corrected chi connectivity index (χ4v) is 2.52. The minimum Gasteiger partial charge on any atom is -0.512 e. The Morgan fingerprint density at radius 3 is 1.17 bits per heavy atom. The van der Waals surface area contributed by atoms with Crippen LogP contribution in [-0.4, -0.2) is 10.9 Å². The number of rotatable bonds is 1. The van der Waals surface area contributed by atoms with Crippen molar-refractivity contribution in [2.75, 3.05) is 0 Å². The summed E-state index contributed by atoms with van der Waals surface area (Å²) in [7, 11) is 0. The molecule has 2 aliphatic carbocycles. The summed E-state index contributed by atoms with van der Waals surface area (Å²) in [5.41, 5.74) is 0. The van der Waals surface area contributed by atoms with Gasteiger partial charge in [0.15, 0.2) is 5.78 Å².